The van der Waals surface area contributed by atoms with E-state index in [0.717, 1.165) is 32.8 Å². The molecule has 0 unspecified atom stereocenters. The molecule has 3 aromatic rings. The zero-order chi connectivity index (χ0) is 18.6. The molecule has 1 aromatic heterocycles. The average molecular weight is 449 g/mol. The summed E-state index contributed by atoms with van der Waals surface area (Å²) in [7, 11) is 0. The Balaban J connectivity index is 1.36. The van der Waals surface area contributed by atoms with Gasteiger partial charge in [0.15, 0.2) is 18.1 Å². The van der Waals surface area contributed by atoms with Gasteiger partial charge in [0.2, 0.25) is 0 Å². The van der Waals surface area contributed by atoms with Crippen LogP contribution in [0.25, 0.3) is 0 Å². The lowest BCUT2D eigenvalue weighted by Gasteiger charge is -2.19. The van der Waals surface area contributed by atoms with Crippen molar-refractivity contribution in [3.8, 4) is 17.2 Å². The van der Waals surface area contributed by atoms with E-state index >= 15 is 0 Å². The monoisotopic (exact) mass is 448 g/mol. The number of rotatable bonds is 6. The van der Waals surface area contributed by atoms with E-state index in [4.69, 9.17) is 18.6 Å². The zero-order valence-electron chi connectivity index (χ0n) is 14.6. The number of thioether (sulfide) groups is 1. The third-order valence-electron chi connectivity index (χ3n) is 3.86. The first-order valence-electron chi connectivity index (χ1n) is 8.40. The van der Waals surface area contributed by atoms with Gasteiger partial charge in [0.25, 0.3) is 11.1 Å². The van der Waals surface area contributed by atoms with E-state index in [9.17, 15) is 0 Å². The summed E-state index contributed by atoms with van der Waals surface area (Å²) in [6, 6.07) is 11.7. The molecule has 2 heterocycles. The van der Waals surface area contributed by atoms with Gasteiger partial charge in [0.1, 0.15) is 19.0 Å². The van der Waals surface area contributed by atoms with Crippen LogP contribution in [0.15, 0.2) is 50.5 Å². The molecule has 0 atom stereocenters. The first-order chi connectivity index (χ1) is 13.2. The summed E-state index contributed by atoms with van der Waals surface area (Å²) in [6.07, 6.45) is 0. The molecule has 6 nitrogen and oxygen atoms in total. The van der Waals surface area contributed by atoms with Gasteiger partial charge in [-0.2, -0.15) is 0 Å². The van der Waals surface area contributed by atoms with Gasteiger partial charge >= 0.3 is 0 Å². The van der Waals surface area contributed by atoms with Gasteiger partial charge in [-0.25, -0.2) is 0 Å². The van der Waals surface area contributed by atoms with Crippen molar-refractivity contribution in [2.75, 3.05) is 13.2 Å². The lowest BCUT2D eigenvalue weighted by atomic mass is 10.2. The van der Waals surface area contributed by atoms with Gasteiger partial charge in [-0.15, -0.1) is 10.2 Å². The fourth-order valence-electron chi connectivity index (χ4n) is 2.56. The fraction of sp³-hybridized carbons (Fsp3) is 0.263. The van der Waals surface area contributed by atoms with Crippen molar-refractivity contribution >= 4 is 27.7 Å². The molecule has 0 N–H and O–H groups in total. The Morgan fingerprint density at radius 1 is 1.11 bits per heavy atom. The van der Waals surface area contributed by atoms with Gasteiger partial charge in [0, 0.05) is 10.2 Å². The van der Waals surface area contributed by atoms with Crippen LogP contribution >= 0.6 is 27.7 Å². The van der Waals surface area contributed by atoms with Gasteiger partial charge in [-0.3, -0.25) is 0 Å². The van der Waals surface area contributed by atoms with Crippen LogP contribution < -0.4 is 14.2 Å². The Kier molecular flexibility index (Phi) is 5.54. The molecule has 4 rings (SSSR count). The van der Waals surface area contributed by atoms with Crippen molar-refractivity contribution in [1.82, 2.24) is 10.2 Å². The molecular formula is C19H17BrN2O4S. The quantitative estimate of drug-likeness (QED) is 0.502. The molecule has 1 aliphatic heterocycles. The summed E-state index contributed by atoms with van der Waals surface area (Å²) >= 11 is 5.04. The highest BCUT2D eigenvalue weighted by molar-refractivity contribution is 9.10. The second kappa shape index (κ2) is 8.22. The molecule has 0 bridgehead atoms. The SMILES string of the molecule is Cc1cccc(OCc2nnc(SCc3cc4c(cc3Br)OCCO4)o2)c1. The maximum absolute atomic E-state index is 5.69. The number of aryl methyl sites for hydroxylation is 1. The van der Waals surface area contributed by atoms with Crippen LogP contribution in [-0.2, 0) is 12.4 Å². The third-order valence-corrected chi connectivity index (χ3v) is 5.47. The summed E-state index contributed by atoms with van der Waals surface area (Å²) in [4.78, 5) is 0. The Morgan fingerprint density at radius 2 is 1.93 bits per heavy atom. The normalized spacial score (nSPS) is 12.8. The molecule has 27 heavy (non-hydrogen) atoms. The maximum Gasteiger partial charge on any atom is 0.277 e. The second-order valence-corrected chi connectivity index (χ2v) is 7.72. The van der Waals surface area contributed by atoms with E-state index in [0.29, 0.717) is 30.1 Å². The maximum atomic E-state index is 5.69. The van der Waals surface area contributed by atoms with Crippen molar-refractivity contribution < 1.29 is 18.6 Å². The van der Waals surface area contributed by atoms with Gasteiger partial charge < -0.3 is 18.6 Å². The molecule has 1 aliphatic rings. The van der Waals surface area contributed by atoms with Gasteiger partial charge in [-0.05, 0) is 42.3 Å². The molecule has 0 amide bonds. The largest absolute Gasteiger partial charge is 0.486 e. The number of halogens is 1. The number of ether oxygens (including phenoxy) is 3. The lowest BCUT2D eigenvalue weighted by Crippen LogP contribution is -2.15. The summed E-state index contributed by atoms with van der Waals surface area (Å²) in [6.45, 7) is 3.40. The molecule has 0 spiro atoms. The van der Waals surface area contributed by atoms with Crippen molar-refractivity contribution in [2.45, 2.75) is 24.5 Å². The van der Waals surface area contributed by atoms with Crippen LogP contribution in [0.2, 0.25) is 0 Å². The Labute approximate surface area is 169 Å². The highest BCUT2D eigenvalue weighted by Crippen LogP contribution is 2.37. The van der Waals surface area contributed by atoms with Crippen molar-refractivity contribution in [2.24, 2.45) is 0 Å². The smallest absolute Gasteiger partial charge is 0.277 e. The van der Waals surface area contributed by atoms with Crippen LogP contribution in [0, 0.1) is 6.92 Å². The van der Waals surface area contributed by atoms with Crippen LogP contribution in [0.1, 0.15) is 17.0 Å². The Bertz CT molecular complexity index is 947. The van der Waals surface area contributed by atoms with E-state index in [1.54, 1.807) is 0 Å². The summed E-state index contributed by atoms with van der Waals surface area (Å²) in [5.74, 6) is 3.41. The van der Waals surface area contributed by atoms with E-state index in [-0.39, 0.29) is 6.61 Å². The zero-order valence-corrected chi connectivity index (χ0v) is 17.0. The van der Waals surface area contributed by atoms with Crippen LogP contribution in [-0.4, -0.2) is 23.4 Å². The van der Waals surface area contributed by atoms with Crippen molar-refractivity contribution in [1.29, 1.82) is 0 Å². The van der Waals surface area contributed by atoms with Crippen LogP contribution in [0.3, 0.4) is 0 Å². The second-order valence-electron chi connectivity index (χ2n) is 5.94. The average Bonchev–Trinajstić information content (AvgIpc) is 3.13. The molecule has 8 heteroatoms. The predicted molar refractivity (Wildman–Crippen MR) is 105 cm³/mol. The first kappa shape index (κ1) is 18.2. The molecule has 0 radical (unpaired) electrons. The van der Waals surface area contributed by atoms with Gasteiger partial charge in [0.05, 0.1) is 0 Å². The topological polar surface area (TPSA) is 66.6 Å². The van der Waals surface area contributed by atoms with Gasteiger partial charge in [-0.1, -0.05) is 39.8 Å². The highest BCUT2D eigenvalue weighted by atomic mass is 79.9. The molecule has 0 fully saturated rings. The van der Waals surface area contributed by atoms with E-state index in [2.05, 4.69) is 26.1 Å². The van der Waals surface area contributed by atoms with Crippen LogP contribution in [0.5, 0.6) is 17.2 Å². The number of hydrogen-bond acceptors (Lipinski definition) is 7. The van der Waals surface area contributed by atoms with E-state index in [1.807, 2.05) is 43.3 Å². The fourth-order valence-corrected chi connectivity index (χ4v) is 3.98. The van der Waals surface area contributed by atoms with Crippen LogP contribution in [0.4, 0.5) is 0 Å². The molecule has 0 saturated carbocycles. The lowest BCUT2D eigenvalue weighted by molar-refractivity contribution is 0.171. The van der Waals surface area contributed by atoms with E-state index in [1.165, 1.54) is 11.8 Å². The minimum atomic E-state index is 0.241. The number of fused-ring (bicyclic) bond motifs is 1. The van der Waals surface area contributed by atoms with E-state index < -0.39 is 0 Å². The summed E-state index contributed by atoms with van der Waals surface area (Å²) in [5.41, 5.74) is 2.21. The number of benzene rings is 2. The standard InChI is InChI=1S/C19H17BrN2O4S/c1-12-3-2-4-14(7-12)25-10-18-21-22-19(26-18)27-11-13-8-16-17(9-15(13)20)24-6-5-23-16/h2-4,7-9H,5-6,10-11H2,1H3. The predicted octanol–water partition coefficient (Wildman–Crippen LogP) is 4.78. The molecule has 2 aromatic carbocycles. The Morgan fingerprint density at radius 3 is 2.74 bits per heavy atom. The number of hydrogen-bond donors (Lipinski definition) is 0. The number of nitrogens with zero attached hydrogens (tertiary/aromatic N) is 2. The highest BCUT2D eigenvalue weighted by Gasteiger charge is 2.16. The minimum absolute atomic E-state index is 0.241. The minimum Gasteiger partial charge on any atom is -0.486 e. The summed E-state index contributed by atoms with van der Waals surface area (Å²) < 4.78 is 23.5. The molecule has 140 valence electrons. The Hall–Kier alpha value is -2.19. The van der Waals surface area contributed by atoms with Crippen molar-refractivity contribution in [3.63, 3.8) is 0 Å². The molecular weight excluding hydrogens is 432 g/mol. The third kappa shape index (κ3) is 4.56. The summed E-state index contributed by atoms with van der Waals surface area (Å²) in [5, 5.41) is 8.61. The van der Waals surface area contributed by atoms with Crippen molar-refractivity contribution in [3.05, 3.63) is 57.9 Å². The first-order valence-corrected chi connectivity index (χ1v) is 10.2. The molecule has 0 aliphatic carbocycles. The molecule has 0 saturated heterocycles. The number of aromatic nitrogens is 2.